The smallest absolute Gasteiger partial charge is 0.310 e. The molecule has 0 heterocycles. The Hall–Kier alpha value is -1.65. The third kappa shape index (κ3) is 4.66. The number of carboxylic acid groups (broad SMARTS) is 1. The lowest BCUT2D eigenvalue weighted by atomic mass is 9.90. The van der Waals surface area contributed by atoms with Crippen LogP contribution in [0, 0.1) is 11.3 Å². The van der Waals surface area contributed by atoms with Crippen LogP contribution in [0.5, 0.6) is 0 Å². The summed E-state index contributed by atoms with van der Waals surface area (Å²) in [6.07, 6.45) is 11.2. The first-order valence-corrected chi connectivity index (χ1v) is 11.1. The van der Waals surface area contributed by atoms with Crippen molar-refractivity contribution in [3.8, 4) is 0 Å². The van der Waals surface area contributed by atoms with Crippen molar-refractivity contribution in [2.45, 2.75) is 76.4 Å². The van der Waals surface area contributed by atoms with Gasteiger partial charge in [0.1, 0.15) is 0 Å². The Morgan fingerprint density at radius 2 is 1.82 bits per heavy atom. The van der Waals surface area contributed by atoms with Crippen LogP contribution in [0.25, 0.3) is 6.08 Å². The summed E-state index contributed by atoms with van der Waals surface area (Å²) in [7, 11) is 0. The summed E-state index contributed by atoms with van der Waals surface area (Å²) >= 11 is 0. The third-order valence-electron chi connectivity index (χ3n) is 7.04. The first-order chi connectivity index (χ1) is 13.6. The molecule has 0 aromatic heterocycles. The summed E-state index contributed by atoms with van der Waals surface area (Å²) in [5, 5.41) is 16.8. The van der Waals surface area contributed by atoms with Gasteiger partial charge in [-0.05, 0) is 62.8 Å². The normalized spacial score (nSPS) is 31.4. The minimum absolute atomic E-state index is 0.446. The second-order valence-electron chi connectivity index (χ2n) is 9.11. The molecule has 0 radical (unpaired) electrons. The number of benzene rings is 1. The molecule has 28 heavy (non-hydrogen) atoms. The fraction of sp³-hybridized carbons (Fsp3) is 0.625. The van der Waals surface area contributed by atoms with E-state index in [1.165, 1.54) is 24.8 Å². The maximum atomic E-state index is 11.3. The zero-order chi connectivity index (χ0) is 19.6. The molecule has 3 aliphatic rings. The van der Waals surface area contributed by atoms with Crippen molar-refractivity contribution in [3.05, 3.63) is 41.5 Å². The highest BCUT2D eigenvalue weighted by Gasteiger charge is 2.50. The Balaban J connectivity index is 1.20. The van der Waals surface area contributed by atoms with Crippen LogP contribution in [0.4, 0.5) is 0 Å². The molecule has 4 rings (SSSR count). The highest BCUT2D eigenvalue weighted by molar-refractivity contribution is 5.78. The molecule has 0 amide bonds. The second kappa shape index (κ2) is 8.38. The molecule has 4 nitrogen and oxygen atoms in total. The predicted octanol–water partition coefficient (Wildman–Crippen LogP) is 4.22. The summed E-state index contributed by atoms with van der Waals surface area (Å²) < 4.78 is 0. The van der Waals surface area contributed by atoms with Gasteiger partial charge < -0.3 is 15.7 Å². The van der Waals surface area contributed by atoms with Crippen LogP contribution in [-0.2, 0) is 4.79 Å². The van der Waals surface area contributed by atoms with Gasteiger partial charge in [0.2, 0.25) is 0 Å². The average Bonchev–Trinajstić information content (AvgIpc) is 3.63. The quantitative estimate of drug-likeness (QED) is 0.598. The number of aliphatic carboxylic acids is 1. The first-order valence-electron chi connectivity index (χ1n) is 11.1. The van der Waals surface area contributed by atoms with E-state index >= 15 is 0 Å². The van der Waals surface area contributed by atoms with E-state index in [2.05, 4.69) is 54.0 Å². The van der Waals surface area contributed by atoms with Crippen molar-refractivity contribution in [2.75, 3.05) is 6.54 Å². The standard InChI is InChI=1S/C24H34N2O2/c1-2-18(14-17-6-4-3-5-7-17)21-15-22(21)26-20-10-8-19(9-11-20)25-16-24(12-13-24)23(27)28/h3-7,14,19-22,25-26H,2,8-13,15-16H2,1H3,(H,27,28)/t19-,20-,21-,22+/m0/s1. The molecule has 1 aromatic rings. The van der Waals surface area contributed by atoms with E-state index in [-0.39, 0.29) is 0 Å². The van der Waals surface area contributed by atoms with Crippen LogP contribution >= 0.6 is 0 Å². The van der Waals surface area contributed by atoms with Crippen molar-refractivity contribution in [1.82, 2.24) is 10.6 Å². The van der Waals surface area contributed by atoms with Gasteiger partial charge in [0.15, 0.2) is 0 Å². The number of carbonyl (C=O) groups is 1. The fourth-order valence-corrected chi connectivity index (χ4v) is 4.75. The van der Waals surface area contributed by atoms with E-state index in [9.17, 15) is 9.90 Å². The summed E-state index contributed by atoms with van der Waals surface area (Å²) in [6.45, 7) is 2.92. The molecule has 0 aliphatic heterocycles. The molecule has 0 spiro atoms. The van der Waals surface area contributed by atoms with E-state index in [0.717, 1.165) is 32.1 Å². The predicted molar refractivity (Wildman–Crippen MR) is 113 cm³/mol. The van der Waals surface area contributed by atoms with Gasteiger partial charge in [-0.1, -0.05) is 48.9 Å². The van der Waals surface area contributed by atoms with E-state index in [1.54, 1.807) is 5.57 Å². The fourth-order valence-electron chi connectivity index (χ4n) is 4.75. The number of nitrogens with one attached hydrogen (secondary N) is 2. The Kier molecular flexibility index (Phi) is 5.88. The van der Waals surface area contributed by atoms with Gasteiger partial charge in [0.25, 0.3) is 0 Å². The summed E-state index contributed by atoms with van der Waals surface area (Å²) in [6, 6.07) is 12.4. The topological polar surface area (TPSA) is 61.4 Å². The second-order valence-corrected chi connectivity index (χ2v) is 9.11. The van der Waals surface area contributed by atoms with Crippen LogP contribution < -0.4 is 10.6 Å². The molecule has 2 atom stereocenters. The van der Waals surface area contributed by atoms with Crippen LogP contribution in [0.3, 0.4) is 0 Å². The Bertz CT molecular complexity index is 703. The van der Waals surface area contributed by atoms with E-state index in [0.29, 0.717) is 30.6 Å². The van der Waals surface area contributed by atoms with E-state index < -0.39 is 11.4 Å². The molecule has 152 valence electrons. The summed E-state index contributed by atoms with van der Waals surface area (Å²) in [5.74, 6) is 0.0803. The minimum atomic E-state index is -0.620. The number of rotatable bonds is 9. The highest BCUT2D eigenvalue weighted by atomic mass is 16.4. The average molecular weight is 383 g/mol. The molecular formula is C24H34N2O2. The van der Waals surface area contributed by atoms with Crippen LogP contribution in [0.15, 0.2) is 35.9 Å². The van der Waals surface area contributed by atoms with Gasteiger partial charge in [0, 0.05) is 24.7 Å². The minimum Gasteiger partial charge on any atom is -0.481 e. The van der Waals surface area contributed by atoms with Gasteiger partial charge in [-0.25, -0.2) is 0 Å². The maximum absolute atomic E-state index is 11.3. The van der Waals surface area contributed by atoms with E-state index in [4.69, 9.17) is 0 Å². The summed E-state index contributed by atoms with van der Waals surface area (Å²) in [5.41, 5.74) is 2.44. The van der Waals surface area contributed by atoms with E-state index in [1.807, 2.05) is 0 Å². The van der Waals surface area contributed by atoms with Crippen LogP contribution in [-0.4, -0.2) is 35.7 Å². The first kappa shape index (κ1) is 19.7. The number of carboxylic acids is 1. The molecule has 3 fully saturated rings. The molecule has 3 saturated carbocycles. The van der Waals surface area contributed by atoms with Crippen molar-refractivity contribution in [2.24, 2.45) is 11.3 Å². The highest BCUT2D eigenvalue weighted by Crippen LogP contribution is 2.45. The molecule has 3 N–H and O–H groups in total. The lowest BCUT2D eigenvalue weighted by Gasteiger charge is -2.31. The molecule has 0 bridgehead atoms. The summed E-state index contributed by atoms with van der Waals surface area (Å²) in [4.78, 5) is 11.3. The molecule has 1 aromatic carbocycles. The largest absolute Gasteiger partial charge is 0.481 e. The van der Waals surface area contributed by atoms with Gasteiger partial charge in [-0.3, -0.25) is 4.79 Å². The lowest BCUT2D eigenvalue weighted by Crippen LogP contribution is -2.43. The molecule has 0 unspecified atom stereocenters. The zero-order valence-corrected chi connectivity index (χ0v) is 17.0. The SMILES string of the molecule is CCC(=Cc1ccccc1)[C@@H]1C[C@H]1N[C@H]1CC[C@H](NCC2(C(=O)O)CC2)CC1. The molecule has 0 saturated heterocycles. The number of hydrogen-bond donors (Lipinski definition) is 3. The van der Waals surface area contributed by atoms with Crippen LogP contribution in [0.1, 0.15) is 63.9 Å². The van der Waals surface area contributed by atoms with Gasteiger partial charge in [0.05, 0.1) is 5.41 Å². The van der Waals surface area contributed by atoms with Crippen molar-refractivity contribution in [1.29, 1.82) is 0 Å². The van der Waals surface area contributed by atoms with Gasteiger partial charge in [-0.2, -0.15) is 0 Å². The molecule has 3 aliphatic carbocycles. The Morgan fingerprint density at radius 1 is 1.14 bits per heavy atom. The zero-order valence-electron chi connectivity index (χ0n) is 17.0. The maximum Gasteiger partial charge on any atom is 0.310 e. The molecular weight excluding hydrogens is 348 g/mol. The number of hydrogen-bond acceptors (Lipinski definition) is 3. The van der Waals surface area contributed by atoms with Crippen LogP contribution in [0.2, 0.25) is 0 Å². The monoisotopic (exact) mass is 382 g/mol. The lowest BCUT2D eigenvalue weighted by molar-refractivity contribution is -0.143. The third-order valence-corrected chi connectivity index (χ3v) is 7.04. The van der Waals surface area contributed by atoms with Crippen molar-refractivity contribution >= 4 is 12.0 Å². The Labute approximate surface area is 168 Å². The van der Waals surface area contributed by atoms with Gasteiger partial charge in [-0.15, -0.1) is 0 Å². The molecule has 4 heteroatoms. The van der Waals surface area contributed by atoms with Gasteiger partial charge >= 0.3 is 5.97 Å². The van der Waals surface area contributed by atoms with Crippen molar-refractivity contribution in [3.63, 3.8) is 0 Å². The van der Waals surface area contributed by atoms with Crippen molar-refractivity contribution < 1.29 is 9.90 Å². The Morgan fingerprint density at radius 3 is 2.43 bits per heavy atom.